The molecule has 0 saturated carbocycles. The average molecular weight is 509 g/mol. The van der Waals surface area contributed by atoms with Crippen LogP contribution in [-0.2, 0) is 10.0 Å². The lowest BCUT2D eigenvalue weighted by molar-refractivity contribution is 0.284. The van der Waals surface area contributed by atoms with E-state index < -0.39 is 10.0 Å². The van der Waals surface area contributed by atoms with Crippen LogP contribution < -0.4 is 25.1 Å². The summed E-state index contributed by atoms with van der Waals surface area (Å²) in [6.07, 6.45) is 5.06. The Morgan fingerprint density at radius 3 is 2.39 bits per heavy atom. The van der Waals surface area contributed by atoms with Gasteiger partial charge in [-0.2, -0.15) is 4.98 Å². The van der Waals surface area contributed by atoms with Gasteiger partial charge in [-0.1, -0.05) is 12.1 Å². The summed E-state index contributed by atoms with van der Waals surface area (Å²) in [6.45, 7) is 0.635. The van der Waals surface area contributed by atoms with E-state index in [1.807, 2.05) is 0 Å². The van der Waals surface area contributed by atoms with Crippen LogP contribution in [0, 0.1) is 0 Å². The highest BCUT2D eigenvalue weighted by atomic mass is 32.2. The molecule has 3 heterocycles. The molecule has 0 amide bonds. The Labute approximate surface area is 208 Å². The predicted octanol–water partition coefficient (Wildman–Crippen LogP) is 2.78. The number of sulfonamides is 1. The van der Waals surface area contributed by atoms with Crippen molar-refractivity contribution in [3.05, 3.63) is 67.1 Å². The van der Waals surface area contributed by atoms with Gasteiger partial charge in [0.05, 0.1) is 13.7 Å². The molecule has 4 N–H and O–H groups in total. The van der Waals surface area contributed by atoms with Gasteiger partial charge >= 0.3 is 0 Å². The van der Waals surface area contributed by atoms with Crippen molar-refractivity contribution in [3.8, 4) is 45.8 Å². The number of ether oxygens (including phenoxy) is 3. The first kappa shape index (κ1) is 25.0. The summed E-state index contributed by atoms with van der Waals surface area (Å²) in [4.78, 5) is 17.3. The Kier molecular flexibility index (Phi) is 7.68. The van der Waals surface area contributed by atoms with Gasteiger partial charge in [0.15, 0.2) is 22.3 Å². The molecule has 12 heteroatoms. The monoisotopic (exact) mass is 508 g/mol. The van der Waals surface area contributed by atoms with Crippen LogP contribution in [0.1, 0.15) is 6.42 Å². The molecule has 3 aromatic heterocycles. The third-order valence-corrected chi connectivity index (χ3v) is 5.80. The Hall–Kier alpha value is -4.13. The van der Waals surface area contributed by atoms with Crippen LogP contribution in [-0.4, -0.2) is 48.6 Å². The summed E-state index contributed by atoms with van der Waals surface area (Å²) in [5.41, 5.74) is 6.50. The predicted molar refractivity (Wildman–Crippen MR) is 132 cm³/mol. The minimum atomic E-state index is -4.21. The minimum absolute atomic E-state index is 0.0622. The summed E-state index contributed by atoms with van der Waals surface area (Å²) < 4.78 is 42.4. The lowest BCUT2D eigenvalue weighted by Crippen LogP contribution is -2.16. The number of hydrogen-bond donors (Lipinski definition) is 2. The van der Waals surface area contributed by atoms with Crippen LogP contribution in [0.5, 0.6) is 23.1 Å². The Bertz CT molecular complexity index is 1450. The van der Waals surface area contributed by atoms with Crippen LogP contribution >= 0.6 is 0 Å². The summed E-state index contributed by atoms with van der Waals surface area (Å²) in [7, 11) is -2.71. The number of nitrogens with zero attached hydrogens (tertiary/aromatic N) is 4. The maximum atomic E-state index is 12.4. The van der Waals surface area contributed by atoms with E-state index in [2.05, 4.69) is 19.9 Å². The normalized spacial score (nSPS) is 11.2. The van der Waals surface area contributed by atoms with Gasteiger partial charge in [-0.05, 0) is 49.4 Å². The molecule has 0 fully saturated rings. The fourth-order valence-electron chi connectivity index (χ4n) is 3.30. The van der Waals surface area contributed by atoms with Crippen LogP contribution in [0.4, 0.5) is 0 Å². The summed E-state index contributed by atoms with van der Waals surface area (Å²) in [5, 5.41) is 5.11. The first-order valence-electron chi connectivity index (χ1n) is 10.9. The highest BCUT2D eigenvalue weighted by Crippen LogP contribution is 2.43. The number of primary sulfonamides is 1. The molecule has 0 unspecified atom stereocenters. The second kappa shape index (κ2) is 11.1. The van der Waals surface area contributed by atoms with Gasteiger partial charge in [0.2, 0.25) is 5.75 Å². The molecule has 0 bridgehead atoms. The van der Waals surface area contributed by atoms with Crippen molar-refractivity contribution in [2.75, 3.05) is 20.3 Å². The fourth-order valence-corrected chi connectivity index (χ4v) is 3.97. The molecular formula is C24H24N6O5S. The van der Waals surface area contributed by atoms with Gasteiger partial charge in [-0.15, -0.1) is 0 Å². The average Bonchev–Trinajstić information content (AvgIpc) is 2.90. The molecule has 4 aromatic rings. The maximum Gasteiger partial charge on any atom is 0.262 e. The second-order valence-electron chi connectivity index (χ2n) is 7.41. The number of nitrogens with two attached hydrogens (primary N) is 2. The Balaban J connectivity index is 2.01. The number of para-hydroxylation sites is 2. The molecule has 0 atom stereocenters. The lowest BCUT2D eigenvalue weighted by Gasteiger charge is -2.18. The molecule has 0 saturated heterocycles. The van der Waals surface area contributed by atoms with E-state index in [0.29, 0.717) is 30.0 Å². The van der Waals surface area contributed by atoms with Crippen molar-refractivity contribution >= 4 is 10.0 Å². The van der Waals surface area contributed by atoms with E-state index in [-0.39, 0.29) is 40.3 Å². The molecule has 1 aromatic carbocycles. The van der Waals surface area contributed by atoms with Crippen molar-refractivity contribution in [2.24, 2.45) is 10.9 Å². The minimum Gasteiger partial charge on any atom is -0.493 e. The number of methoxy groups -OCH3 is 1. The van der Waals surface area contributed by atoms with E-state index in [1.165, 1.54) is 19.4 Å². The van der Waals surface area contributed by atoms with Crippen molar-refractivity contribution < 1.29 is 22.6 Å². The Morgan fingerprint density at radius 2 is 1.69 bits per heavy atom. The highest BCUT2D eigenvalue weighted by molar-refractivity contribution is 7.89. The zero-order chi connectivity index (χ0) is 25.5. The summed E-state index contributed by atoms with van der Waals surface area (Å²) in [5.74, 6) is 1.17. The zero-order valence-corrected chi connectivity index (χ0v) is 20.2. The third kappa shape index (κ3) is 5.57. The molecule has 36 heavy (non-hydrogen) atoms. The van der Waals surface area contributed by atoms with E-state index in [9.17, 15) is 8.42 Å². The van der Waals surface area contributed by atoms with Gasteiger partial charge in [0, 0.05) is 29.7 Å². The molecule has 0 radical (unpaired) electrons. The third-order valence-electron chi connectivity index (χ3n) is 4.94. The molecule has 0 aliphatic heterocycles. The van der Waals surface area contributed by atoms with Crippen LogP contribution in [0.25, 0.3) is 22.6 Å². The van der Waals surface area contributed by atoms with Crippen molar-refractivity contribution in [2.45, 2.75) is 11.4 Å². The zero-order valence-electron chi connectivity index (χ0n) is 19.4. The largest absolute Gasteiger partial charge is 0.493 e. The van der Waals surface area contributed by atoms with E-state index in [1.54, 1.807) is 54.9 Å². The van der Waals surface area contributed by atoms with Gasteiger partial charge in [-0.3, -0.25) is 4.98 Å². The number of benzene rings is 1. The van der Waals surface area contributed by atoms with Gasteiger partial charge in [0.1, 0.15) is 5.69 Å². The SMILES string of the molecule is COc1ccccc1Oc1c(OCCCN)nc(-c2ccncc2)nc1-c1cccnc1S(N)(=O)=O. The van der Waals surface area contributed by atoms with E-state index in [4.69, 9.17) is 25.1 Å². The van der Waals surface area contributed by atoms with Crippen molar-refractivity contribution in [1.29, 1.82) is 0 Å². The van der Waals surface area contributed by atoms with Crippen molar-refractivity contribution in [3.63, 3.8) is 0 Å². The molecular weight excluding hydrogens is 484 g/mol. The molecule has 0 aliphatic rings. The standard InChI is InChI=1S/C24H24N6O5S/c1-33-18-7-2-3-8-19(18)35-21-20(17-6-4-12-28-24(17)36(26,31)32)29-22(16-9-13-27-14-10-16)30-23(21)34-15-5-11-25/h2-4,6-10,12-14H,5,11,15,25H2,1H3,(H2,26,31,32). The van der Waals surface area contributed by atoms with Gasteiger partial charge in [-0.25, -0.2) is 23.5 Å². The first-order valence-corrected chi connectivity index (χ1v) is 12.4. The van der Waals surface area contributed by atoms with E-state index in [0.717, 1.165) is 0 Å². The lowest BCUT2D eigenvalue weighted by atomic mass is 10.1. The van der Waals surface area contributed by atoms with Gasteiger partial charge in [0.25, 0.3) is 15.9 Å². The molecule has 4 rings (SSSR count). The fraction of sp³-hybridized carbons (Fsp3) is 0.167. The molecule has 0 aliphatic carbocycles. The smallest absolute Gasteiger partial charge is 0.262 e. The van der Waals surface area contributed by atoms with Crippen LogP contribution in [0.15, 0.2) is 72.1 Å². The second-order valence-corrected chi connectivity index (χ2v) is 8.89. The van der Waals surface area contributed by atoms with Crippen LogP contribution in [0.3, 0.4) is 0 Å². The summed E-state index contributed by atoms with van der Waals surface area (Å²) >= 11 is 0. The van der Waals surface area contributed by atoms with Crippen molar-refractivity contribution in [1.82, 2.24) is 19.9 Å². The molecule has 0 spiro atoms. The van der Waals surface area contributed by atoms with Crippen LogP contribution in [0.2, 0.25) is 0 Å². The molecule has 186 valence electrons. The number of pyridine rings is 2. The quantitative estimate of drug-likeness (QED) is 0.304. The van der Waals surface area contributed by atoms with E-state index >= 15 is 0 Å². The summed E-state index contributed by atoms with van der Waals surface area (Å²) in [6, 6.07) is 13.5. The highest BCUT2D eigenvalue weighted by Gasteiger charge is 2.26. The topological polar surface area (TPSA) is 165 Å². The number of aromatic nitrogens is 4. The van der Waals surface area contributed by atoms with Gasteiger partial charge < -0.3 is 19.9 Å². The first-order chi connectivity index (χ1) is 17.4. The maximum absolute atomic E-state index is 12.4. The molecule has 11 nitrogen and oxygen atoms in total. The number of rotatable bonds is 10. The number of hydrogen-bond acceptors (Lipinski definition) is 10. The Morgan fingerprint density at radius 1 is 0.944 bits per heavy atom.